The molecule has 6 nitrogen and oxygen atoms in total. The van der Waals surface area contributed by atoms with Crippen molar-refractivity contribution in [1.82, 2.24) is 10.2 Å². The number of halogens is 1. The van der Waals surface area contributed by atoms with Gasteiger partial charge in [-0.2, -0.15) is 0 Å². The minimum absolute atomic E-state index is 0.105. The van der Waals surface area contributed by atoms with Crippen molar-refractivity contribution in [3.05, 3.63) is 101 Å². The predicted octanol–water partition coefficient (Wildman–Crippen LogP) is 3.47. The lowest BCUT2D eigenvalue weighted by Gasteiger charge is -2.31. The summed E-state index contributed by atoms with van der Waals surface area (Å²) in [5, 5.41) is 12.3. The van der Waals surface area contributed by atoms with Crippen LogP contribution in [-0.2, 0) is 22.6 Å². The molecule has 0 saturated heterocycles. The minimum atomic E-state index is -0.790. The number of ether oxygens (including phenoxy) is 1. The first kappa shape index (κ1) is 24.3. The number of benzene rings is 3. The number of aliphatic hydroxyl groups is 1. The van der Waals surface area contributed by atoms with E-state index in [4.69, 9.17) is 16.3 Å². The lowest BCUT2D eigenvalue weighted by Crippen LogP contribution is -2.52. The van der Waals surface area contributed by atoms with Gasteiger partial charge in [0.15, 0.2) is 6.61 Å². The normalized spacial score (nSPS) is 11.5. The second-order valence-electron chi connectivity index (χ2n) is 7.45. The average Bonchev–Trinajstić information content (AvgIpc) is 2.85. The molecule has 7 heteroatoms. The summed E-state index contributed by atoms with van der Waals surface area (Å²) < 4.78 is 5.68. The van der Waals surface area contributed by atoms with Gasteiger partial charge in [0, 0.05) is 19.5 Å². The maximum atomic E-state index is 13.4. The van der Waals surface area contributed by atoms with E-state index in [1.54, 1.807) is 24.3 Å². The van der Waals surface area contributed by atoms with E-state index in [2.05, 4.69) is 5.32 Å². The van der Waals surface area contributed by atoms with E-state index in [1.807, 2.05) is 60.7 Å². The average molecular weight is 467 g/mol. The second-order valence-corrected chi connectivity index (χ2v) is 7.85. The van der Waals surface area contributed by atoms with Crippen molar-refractivity contribution >= 4 is 23.4 Å². The summed E-state index contributed by atoms with van der Waals surface area (Å²) in [4.78, 5) is 28.0. The van der Waals surface area contributed by atoms with E-state index in [9.17, 15) is 14.7 Å². The molecule has 0 unspecified atom stereocenters. The van der Waals surface area contributed by atoms with E-state index >= 15 is 0 Å². The van der Waals surface area contributed by atoms with Gasteiger partial charge in [-0.3, -0.25) is 9.59 Å². The molecule has 3 aromatic carbocycles. The first-order valence-corrected chi connectivity index (χ1v) is 11.1. The van der Waals surface area contributed by atoms with Crippen molar-refractivity contribution in [3.63, 3.8) is 0 Å². The second kappa shape index (κ2) is 12.6. The summed E-state index contributed by atoms with van der Waals surface area (Å²) in [5.74, 6) is -0.287. The van der Waals surface area contributed by atoms with Gasteiger partial charge >= 0.3 is 0 Å². The molecule has 0 radical (unpaired) electrons. The Morgan fingerprint density at radius 2 is 1.52 bits per heavy atom. The third-order valence-electron chi connectivity index (χ3n) is 5.07. The van der Waals surface area contributed by atoms with Crippen LogP contribution in [0.3, 0.4) is 0 Å². The fourth-order valence-corrected chi connectivity index (χ4v) is 3.61. The molecule has 172 valence electrons. The van der Waals surface area contributed by atoms with Crippen molar-refractivity contribution in [3.8, 4) is 5.75 Å². The molecule has 0 aliphatic rings. The maximum absolute atomic E-state index is 13.4. The van der Waals surface area contributed by atoms with Crippen LogP contribution in [-0.4, -0.2) is 47.6 Å². The molecule has 0 fully saturated rings. The van der Waals surface area contributed by atoms with Crippen LogP contribution < -0.4 is 10.1 Å². The molecule has 33 heavy (non-hydrogen) atoms. The van der Waals surface area contributed by atoms with Gasteiger partial charge in [0.2, 0.25) is 5.91 Å². The summed E-state index contributed by atoms with van der Waals surface area (Å²) in [7, 11) is 0. The van der Waals surface area contributed by atoms with Gasteiger partial charge in [-0.05, 0) is 23.3 Å². The highest BCUT2D eigenvalue weighted by Crippen LogP contribution is 2.23. The third kappa shape index (κ3) is 7.34. The van der Waals surface area contributed by atoms with Gasteiger partial charge in [-0.25, -0.2) is 0 Å². The molecule has 0 saturated carbocycles. The molecular weight excluding hydrogens is 440 g/mol. The molecule has 1 atom stereocenters. The highest BCUT2D eigenvalue weighted by molar-refractivity contribution is 6.32. The quantitative estimate of drug-likeness (QED) is 0.453. The highest BCUT2D eigenvalue weighted by atomic mass is 35.5. The Labute approximate surface area is 198 Å². The topological polar surface area (TPSA) is 78.9 Å². The molecule has 3 aromatic rings. The number of carbonyl (C=O) groups excluding carboxylic acids is 2. The number of amides is 2. The minimum Gasteiger partial charge on any atom is -0.482 e. The number of rotatable bonds is 11. The Kier molecular flexibility index (Phi) is 9.30. The number of carbonyl (C=O) groups is 2. The lowest BCUT2D eigenvalue weighted by atomic mass is 10.0. The Balaban J connectivity index is 1.87. The molecule has 0 heterocycles. The zero-order chi connectivity index (χ0) is 23.5. The SMILES string of the molecule is O=C(NCCO)[C@H](Cc1ccccc1)N(Cc1ccccc1)C(=O)COc1ccccc1Cl. The largest absolute Gasteiger partial charge is 0.482 e. The van der Waals surface area contributed by atoms with Gasteiger partial charge in [-0.1, -0.05) is 84.4 Å². The number of hydrogen-bond donors (Lipinski definition) is 2. The summed E-state index contributed by atoms with van der Waals surface area (Å²) in [6.07, 6.45) is 0.322. The molecule has 0 aliphatic carbocycles. The Hall–Kier alpha value is -3.35. The number of hydrogen-bond acceptors (Lipinski definition) is 4. The maximum Gasteiger partial charge on any atom is 0.261 e. The number of para-hydroxylation sites is 1. The number of nitrogens with one attached hydrogen (secondary N) is 1. The third-order valence-corrected chi connectivity index (χ3v) is 5.38. The molecule has 0 aromatic heterocycles. The van der Waals surface area contributed by atoms with Crippen LogP contribution in [0.25, 0.3) is 0 Å². The fraction of sp³-hybridized carbons (Fsp3) is 0.231. The lowest BCUT2D eigenvalue weighted by molar-refractivity contribution is -0.142. The Morgan fingerprint density at radius 3 is 2.15 bits per heavy atom. The van der Waals surface area contributed by atoms with Crippen molar-refractivity contribution in [1.29, 1.82) is 0 Å². The van der Waals surface area contributed by atoms with Crippen LogP contribution in [0.2, 0.25) is 5.02 Å². The molecule has 3 rings (SSSR count). The van der Waals surface area contributed by atoms with Crippen LogP contribution in [0.5, 0.6) is 5.75 Å². The summed E-state index contributed by atoms with van der Waals surface area (Å²) in [6, 6.07) is 25.1. The van der Waals surface area contributed by atoms with Gasteiger partial charge in [0.1, 0.15) is 11.8 Å². The van der Waals surface area contributed by atoms with Crippen molar-refractivity contribution in [2.45, 2.75) is 19.0 Å². The van der Waals surface area contributed by atoms with E-state index < -0.39 is 6.04 Å². The summed E-state index contributed by atoms with van der Waals surface area (Å²) in [6.45, 7) is -0.121. The first-order valence-electron chi connectivity index (χ1n) is 10.7. The van der Waals surface area contributed by atoms with Crippen molar-refractivity contribution in [2.24, 2.45) is 0 Å². The zero-order valence-electron chi connectivity index (χ0n) is 18.2. The van der Waals surface area contributed by atoms with E-state index in [0.29, 0.717) is 17.2 Å². The summed E-state index contributed by atoms with van der Waals surface area (Å²) >= 11 is 6.16. The van der Waals surface area contributed by atoms with Crippen LogP contribution >= 0.6 is 11.6 Å². The van der Waals surface area contributed by atoms with Crippen molar-refractivity contribution in [2.75, 3.05) is 19.8 Å². The van der Waals surface area contributed by atoms with Gasteiger partial charge < -0.3 is 20.1 Å². The van der Waals surface area contributed by atoms with Gasteiger partial charge in [-0.15, -0.1) is 0 Å². The smallest absolute Gasteiger partial charge is 0.261 e. The van der Waals surface area contributed by atoms with Crippen LogP contribution in [0.1, 0.15) is 11.1 Å². The standard InChI is InChI=1S/C26H27ClN2O4/c27-22-13-7-8-14-24(22)33-19-25(31)29(18-21-11-5-2-6-12-21)23(26(32)28-15-16-30)17-20-9-3-1-4-10-20/h1-14,23,30H,15-19H2,(H,28,32)/t23-/m0/s1. The molecule has 0 aliphatic heterocycles. The van der Waals surface area contributed by atoms with E-state index in [1.165, 1.54) is 4.90 Å². The monoisotopic (exact) mass is 466 g/mol. The van der Waals surface area contributed by atoms with Crippen LogP contribution in [0.15, 0.2) is 84.9 Å². The number of nitrogens with zero attached hydrogens (tertiary/aromatic N) is 1. The zero-order valence-corrected chi connectivity index (χ0v) is 18.9. The number of aliphatic hydroxyl groups excluding tert-OH is 1. The van der Waals surface area contributed by atoms with E-state index in [-0.39, 0.29) is 38.1 Å². The van der Waals surface area contributed by atoms with Crippen LogP contribution in [0, 0.1) is 0 Å². The Morgan fingerprint density at radius 1 is 0.909 bits per heavy atom. The van der Waals surface area contributed by atoms with Gasteiger partial charge in [0.05, 0.1) is 11.6 Å². The Bertz CT molecular complexity index is 1030. The predicted molar refractivity (Wildman–Crippen MR) is 128 cm³/mol. The highest BCUT2D eigenvalue weighted by Gasteiger charge is 2.30. The fourth-order valence-electron chi connectivity index (χ4n) is 3.42. The van der Waals surface area contributed by atoms with Gasteiger partial charge in [0.25, 0.3) is 5.91 Å². The van der Waals surface area contributed by atoms with E-state index in [0.717, 1.165) is 11.1 Å². The molecule has 0 bridgehead atoms. The van der Waals surface area contributed by atoms with Crippen molar-refractivity contribution < 1.29 is 19.4 Å². The summed E-state index contributed by atoms with van der Waals surface area (Å²) in [5.41, 5.74) is 1.80. The molecular formula is C26H27ClN2O4. The molecule has 2 amide bonds. The van der Waals surface area contributed by atoms with Crippen LogP contribution in [0.4, 0.5) is 0 Å². The molecule has 0 spiro atoms. The first-order chi connectivity index (χ1) is 16.1. The molecule has 2 N–H and O–H groups in total.